The normalized spacial score (nSPS) is 11.3. The second kappa shape index (κ2) is 1.57. The molecule has 0 aliphatic heterocycles. The number of hydrogen-bond donors (Lipinski definition) is 0. The van der Waals surface area contributed by atoms with Crippen molar-refractivity contribution in [3.8, 4) is 0 Å². The van der Waals surface area contributed by atoms with Gasteiger partial charge in [-0.05, 0) is 0 Å². The lowest BCUT2D eigenvalue weighted by Gasteiger charge is -2.15. The first-order valence-corrected chi connectivity index (χ1v) is 2.35. The monoisotopic (exact) mass is 98.1 g/mol. The van der Waals surface area contributed by atoms with E-state index in [0.717, 1.165) is 0 Å². The molecule has 0 atom stereocenters. The first-order valence-electron chi connectivity index (χ1n) is 2.35. The molecular weight excluding hydrogens is 86.1 g/mol. The summed E-state index contributed by atoms with van der Waals surface area (Å²) in [5.41, 5.74) is 7.50. The van der Waals surface area contributed by atoms with Crippen LogP contribution < -0.4 is 5.73 Å². The molecule has 1 heteroatoms. The zero-order chi connectivity index (χ0) is 6.08. The fraction of sp³-hybridized carbons (Fsp3) is 0.667. The van der Waals surface area contributed by atoms with E-state index in [9.17, 15) is 0 Å². The van der Waals surface area contributed by atoms with E-state index in [1.54, 1.807) is 0 Å². The summed E-state index contributed by atoms with van der Waals surface area (Å²) in [7, 11) is 0. The van der Waals surface area contributed by atoms with Gasteiger partial charge in [0.2, 0.25) is 0 Å². The van der Waals surface area contributed by atoms with E-state index in [1.807, 2.05) is 20.8 Å². The zero-order valence-electron chi connectivity index (χ0n) is 5.21. The van der Waals surface area contributed by atoms with Crippen LogP contribution in [0.25, 0.3) is 0 Å². The Labute approximate surface area is 45.2 Å². The van der Waals surface area contributed by atoms with Crippen molar-refractivity contribution in [2.75, 3.05) is 0 Å². The maximum Gasteiger partial charge on any atom is 0.0295 e. The van der Waals surface area contributed by atoms with E-state index >= 15 is 0 Å². The Kier molecular flexibility index (Phi) is 1.46. The van der Waals surface area contributed by atoms with E-state index in [0.29, 0.717) is 5.70 Å². The smallest absolute Gasteiger partial charge is 0.0295 e. The van der Waals surface area contributed by atoms with Gasteiger partial charge in [0.15, 0.2) is 0 Å². The number of hydrogen-bond acceptors (Lipinski definition) is 0. The predicted octanol–water partition coefficient (Wildman–Crippen LogP) is 1.83. The van der Waals surface area contributed by atoms with Crippen molar-refractivity contribution in [1.82, 2.24) is 5.73 Å². The minimum Gasteiger partial charge on any atom is -0.305 e. The van der Waals surface area contributed by atoms with Gasteiger partial charge in [-0.2, -0.15) is 0 Å². The largest absolute Gasteiger partial charge is 0.305 e. The molecule has 0 unspecified atom stereocenters. The van der Waals surface area contributed by atoms with Gasteiger partial charge in [-0.3, -0.25) is 0 Å². The first kappa shape index (κ1) is 6.54. The lowest BCUT2D eigenvalue weighted by atomic mass is 9.94. The molecule has 0 saturated carbocycles. The van der Waals surface area contributed by atoms with Gasteiger partial charge in [-0.25, -0.2) is 0 Å². The average molecular weight is 98.2 g/mol. The van der Waals surface area contributed by atoms with Crippen molar-refractivity contribution in [3.63, 3.8) is 0 Å². The molecule has 7 heavy (non-hydrogen) atoms. The first-order chi connectivity index (χ1) is 2.94. The van der Waals surface area contributed by atoms with Crippen LogP contribution in [0.15, 0.2) is 12.3 Å². The summed E-state index contributed by atoms with van der Waals surface area (Å²) in [6, 6.07) is 0. The van der Waals surface area contributed by atoms with E-state index in [-0.39, 0.29) is 5.41 Å². The van der Waals surface area contributed by atoms with Gasteiger partial charge >= 0.3 is 0 Å². The highest BCUT2D eigenvalue weighted by atomic mass is 14.6. The lowest BCUT2D eigenvalue weighted by molar-refractivity contribution is 0.495. The van der Waals surface area contributed by atoms with Gasteiger partial charge in [-0.1, -0.05) is 27.4 Å². The highest BCUT2D eigenvalue weighted by Crippen LogP contribution is 2.19. The van der Waals surface area contributed by atoms with Crippen LogP contribution in [-0.2, 0) is 0 Å². The molecular formula is C6H12N. The van der Waals surface area contributed by atoms with Crippen molar-refractivity contribution in [2.24, 2.45) is 5.41 Å². The fourth-order valence-corrected chi connectivity index (χ4v) is 0. The van der Waals surface area contributed by atoms with Gasteiger partial charge in [0.1, 0.15) is 0 Å². The fourth-order valence-electron chi connectivity index (χ4n) is 0. The average Bonchev–Trinajstić information content (AvgIpc) is 1.31. The summed E-state index contributed by atoms with van der Waals surface area (Å²) < 4.78 is 0. The third-order valence-electron chi connectivity index (χ3n) is 0.905. The molecule has 0 aromatic rings. The highest BCUT2D eigenvalue weighted by Gasteiger charge is 2.10. The van der Waals surface area contributed by atoms with Gasteiger partial charge in [0, 0.05) is 11.1 Å². The molecule has 0 aliphatic carbocycles. The molecule has 41 valence electrons. The highest BCUT2D eigenvalue weighted by molar-refractivity contribution is 4.97. The minimum atomic E-state index is -0.0278. The number of nitrogens with one attached hydrogen (secondary N) is 1. The van der Waals surface area contributed by atoms with Crippen LogP contribution in [0.1, 0.15) is 20.8 Å². The quantitative estimate of drug-likeness (QED) is 0.441. The Morgan fingerprint density at radius 2 is 1.57 bits per heavy atom. The third kappa shape index (κ3) is 2.26. The standard InChI is InChI=1S/C6H12N/c1-5(7)6(2,3)4/h7H,1H2,2-4H3. The van der Waals surface area contributed by atoms with Crippen LogP contribution in [0.3, 0.4) is 0 Å². The molecule has 0 fully saturated rings. The summed E-state index contributed by atoms with van der Waals surface area (Å²) in [5, 5.41) is 0. The van der Waals surface area contributed by atoms with Crippen LogP contribution in [0, 0.1) is 5.41 Å². The van der Waals surface area contributed by atoms with Crippen molar-refractivity contribution in [1.29, 1.82) is 0 Å². The molecule has 1 nitrogen and oxygen atoms in total. The van der Waals surface area contributed by atoms with Crippen LogP contribution >= 0.6 is 0 Å². The molecule has 1 N–H and O–H groups in total. The van der Waals surface area contributed by atoms with Gasteiger partial charge < -0.3 is 5.73 Å². The molecule has 0 aliphatic rings. The Bertz CT molecular complexity index is 76.7. The zero-order valence-corrected chi connectivity index (χ0v) is 5.21. The van der Waals surface area contributed by atoms with E-state index in [1.165, 1.54) is 0 Å². The van der Waals surface area contributed by atoms with Crippen molar-refractivity contribution >= 4 is 0 Å². The Hall–Kier alpha value is -0.460. The van der Waals surface area contributed by atoms with Gasteiger partial charge in [0.05, 0.1) is 0 Å². The van der Waals surface area contributed by atoms with Crippen LogP contribution in [0.5, 0.6) is 0 Å². The van der Waals surface area contributed by atoms with E-state index < -0.39 is 0 Å². The summed E-state index contributed by atoms with van der Waals surface area (Å²) in [6.45, 7) is 9.42. The number of rotatable bonds is 0. The molecule has 0 spiro atoms. The Morgan fingerprint density at radius 3 is 1.57 bits per heavy atom. The van der Waals surface area contributed by atoms with Crippen molar-refractivity contribution < 1.29 is 0 Å². The maximum atomic E-state index is 7.03. The van der Waals surface area contributed by atoms with Crippen LogP contribution in [0.4, 0.5) is 0 Å². The van der Waals surface area contributed by atoms with Crippen molar-refractivity contribution in [2.45, 2.75) is 20.8 Å². The lowest BCUT2D eigenvalue weighted by Crippen LogP contribution is -2.07. The molecule has 0 aromatic carbocycles. The second-order valence-corrected chi connectivity index (χ2v) is 2.73. The molecule has 0 saturated heterocycles. The van der Waals surface area contributed by atoms with Gasteiger partial charge in [-0.15, -0.1) is 0 Å². The summed E-state index contributed by atoms with van der Waals surface area (Å²) >= 11 is 0. The third-order valence-corrected chi connectivity index (χ3v) is 0.905. The molecule has 0 heterocycles. The number of allylic oxidation sites excluding steroid dienone is 1. The SMILES string of the molecule is C=C([NH])C(C)(C)C. The summed E-state index contributed by atoms with van der Waals surface area (Å²) in [5.74, 6) is 0. The van der Waals surface area contributed by atoms with Gasteiger partial charge in [0.25, 0.3) is 0 Å². The van der Waals surface area contributed by atoms with E-state index in [4.69, 9.17) is 5.73 Å². The Balaban J connectivity index is 3.79. The predicted molar refractivity (Wildman–Crippen MR) is 31.7 cm³/mol. The molecule has 0 bridgehead atoms. The second-order valence-electron chi connectivity index (χ2n) is 2.73. The Morgan fingerprint density at radius 1 is 1.43 bits per heavy atom. The maximum absolute atomic E-state index is 7.03. The van der Waals surface area contributed by atoms with Crippen LogP contribution in [-0.4, -0.2) is 0 Å². The van der Waals surface area contributed by atoms with Crippen LogP contribution in [0.2, 0.25) is 0 Å². The molecule has 0 amide bonds. The minimum absolute atomic E-state index is 0.0278. The molecule has 0 aromatic heterocycles. The topological polar surface area (TPSA) is 23.8 Å². The molecule has 1 radical (unpaired) electrons. The van der Waals surface area contributed by atoms with Crippen molar-refractivity contribution in [3.05, 3.63) is 12.3 Å². The summed E-state index contributed by atoms with van der Waals surface area (Å²) in [6.07, 6.45) is 0. The van der Waals surface area contributed by atoms with E-state index in [2.05, 4.69) is 6.58 Å². The molecule has 0 rings (SSSR count). The summed E-state index contributed by atoms with van der Waals surface area (Å²) in [4.78, 5) is 0.